The number of pyridine rings is 1. The highest BCUT2D eigenvalue weighted by Gasteiger charge is 2.19. The molecule has 0 aliphatic carbocycles. The molecule has 0 saturated carbocycles. The molecule has 0 N–H and O–H groups in total. The first-order valence-electron chi connectivity index (χ1n) is 6.42. The Morgan fingerprint density at radius 2 is 2.00 bits per heavy atom. The highest BCUT2D eigenvalue weighted by atomic mass is 35.5. The molecule has 0 aliphatic rings. The number of hydrogen-bond acceptors (Lipinski definition) is 4. The van der Waals surface area contributed by atoms with Crippen molar-refractivity contribution in [3.8, 4) is 0 Å². The van der Waals surface area contributed by atoms with Crippen LogP contribution in [0.15, 0.2) is 17.5 Å². The van der Waals surface area contributed by atoms with Crippen molar-refractivity contribution in [1.29, 1.82) is 0 Å². The van der Waals surface area contributed by atoms with Gasteiger partial charge in [-0.3, -0.25) is 0 Å². The lowest BCUT2D eigenvalue weighted by molar-refractivity contribution is 0.623. The van der Waals surface area contributed by atoms with E-state index in [0.29, 0.717) is 5.88 Å². The zero-order valence-corrected chi connectivity index (χ0v) is 13.2. The topological polar surface area (TPSA) is 43.6 Å². The maximum Gasteiger partial charge on any atom is 0.160 e. The lowest BCUT2D eigenvalue weighted by atomic mass is 10.3. The number of aromatic nitrogens is 4. The molecule has 20 heavy (non-hydrogen) atoms. The molecule has 0 amide bonds. The molecule has 6 heteroatoms. The highest BCUT2D eigenvalue weighted by Crippen LogP contribution is 2.27. The zero-order chi connectivity index (χ0) is 14.3. The molecule has 0 radical (unpaired) electrons. The number of hydrogen-bond donors (Lipinski definition) is 0. The van der Waals surface area contributed by atoms with E-state index in [4.69, 9.17) is 11.6 Å². The standard InChI is InChI=1S/C14H15ClN4S/c1-8-4-5-11-13(16-8)19(12(6-15)18-11)10(3)14-17-9(2)7-20-14/h4-5,7,10H,6H2,1-3H3. The van der Waals surface area contributed by atoms with E-state index in [2.05, 4.69) is 31.8 Å². The Hall–Kier alpha value is -1.46. The average Bonchev–Trinajstić information content (AvgIpc) is 3.01. The number of aryl methyl sites for hydroxylation is 2. The molecule has 0 saturated heterocycles. The van der Waals surface area contributed by atoms with Gasteiger partial charge in [-0.1, -0.05) is 0 Å². The van der Waals surface area contributed by atoms with E-state index in [1.165, 1.54) is 0 Å². The summed E-state index contributed by atoms with van der Waals surface area (Å²) in [6.07, 6.45) is 0. The summed E-state index contributed by atoms with van der Waals surface area (Å²) < 4.78 is 2.09. The quantitative estimate of drug-likeness (QED) is 0.690. The van der Waals surface area contributed by atoms with Gasteiger partial charge in [-0.25, -0.2) is 15.0 Å². The van der Waals surface area contributed by atoms with Gasteiger partial charge in [-0.2, -0.15) is 0 Å². The second-order valence-electron chi connectivity index (χ2n) is 4.83. The first kappa shape index (κ1) is 13.5. The predicted molar refractivity (Wildman–Crippen MR) is 82.5 cm³/mol. The molecule has 0 aromatic carbocycles. The average molecular weight is 307 g/mol. The molecule has 3 heterocycles. The first-order valence-corrected chi connectivity index (χ1v) is 7.84. The number of fused-ring (bicyclic) bond motifs is 1. The molecule has 0 bridgehead atoms. The molecule has 1 unspecified atom stereocenters. The molecule has 104 valence electrons. The summed E-state index contributed by atoms with van der Waals surface area (Å²) in [7, 11) is 0. The van der Waals surface area contributed by atoms with Gasteiger partial charge in [-0.15, -0.1) is 22.9 Å². The predicted octanol–water partition coefficient (Wildman–Crippen LogP) is 3.85. The van der Waals surface area contributed by atoms with Crippen LogP contribution in [0.1, 0.15) is 35.2 Å². The molecule has 4 nitrogen and oxygen atoms in total. The van der Waals surface area contributed by atoms with Crippen LogP contribution in [0, 0.1) is 13.8 Å². The zero-order valence-electron chi connectivity index (χ0n) is 11.6. The second kappa shape index (κ2) is 5.14. The van der Waals surface area contributed by atoms with E-state index in [-0.39, 0.29) is 6.04 Å². The third-order valence-electron chi connectivity index (χ3n) is 3.25. The van der Waals surface area contributed by atoms with Gasteiger partial charge in [0.25, 0.3) is 0 Å². The fourth-order valence-electron chi connectivity index (χ4n) is 2.29. The van der Waals surface area contributed by atoms with Gasteiger partial charge in [0.15, 0.2) is 5.65 Å². The SMILES string of the molecule is Cc1csc(C(C)n2c(CCl)nc3ccc(C)nc32)n1. The summed E-state index contributed by atoms with van der Waals surface area (Å²) in [5.74, 6) is 1.20. The Kier molecular flexibility index (Phi) is 3.48. The largest absolute Gasteiger partial charge is 0.302 e. The van der Waals surface area contributed by atoms with Crippen LogP contribution in [0.25, 0.3) is 11.2 Å². The van der Waals surface area contributed by atoms with Gasteiger partial charge < -0.3 is 4.57 Å². The maximum absolute atomic E-state index is 6.05. The van der Waals surface area contributed by atoms with Crippen LogP contribution in [-0.4, -0.2) is 19.5 Å². The van der Waals surface area contributed by atoms with Gasteiger partial charge >= 0.3 is 0 Å². The third-order valence-corrected chi connectivity index (χ3v) is 4.62. The van der Waals surface area contributed by atoms with Crippen molar-refractivity contribution in [2.75, 3.05) is 0 Å². The van der Waals surface area contributed by atoms with Gasteiger partial charge in [0.1, 0.15) is 16.3 Å². The third kappa shape index (κ3) is 2.21. The van der Waals surface area contributed by atoms with Crippen LogP contribution >= 0.6 is 22.9 Å². The van der Waals surface area contributed by atoms with Crippen molar-refractivity contribution in [3.05, 3.63) is 39.7 Å². The number of rotatable bonds is 3. The van der Waals surface area contributed by atoms with Crippen LogP contribution in [0.3, 0.4) is 0 Å². The lowest BCUT2D eigenvalue weighted by Crippen LogP contribution is -2.10. The monoisotopic (exact) mass is 306 g/mol. The van der Waals surface area contributed by atoms with Crippen molar-refractivity contribution in [2.24, 2.45) is 0 Å². The minimum atomic E-state index is 0.0850. The normalized spacial score (nSPS) is 13.0. The number of imidazole rings is 1. The van der Waals surface area contributed by atoms with Gasteiger partial charge in [0, 0.05) is 16.8 Å². The lowest BCUT2D eigenvalue weighted by Gasteiger charge is -2.14. The fourth-order valence-corrected chi connectivity index (χ4v) is 3.32. The summed E-state index contributed by atoms with van der Waals surface area (Å²) in [6, 6.07) is 4.04. The van der Waals surface area contributed by atoms with Crippen molar-refractivity contribution in [1.82, 2.24) is 19.5 Å². The Morgan fingerprint density at radius 3 is 2.65 bits per heavy atom. The van der Waals surface area contributed by atoms with Crippen LogP contribution < -0.4 is 0 Å². The number of halogens is 1. The van der Waals surface area contributed by atoms with Crippen molar-refractivity contribution in [3.63, 3.8) is 0 Å². The summed E-state index contributed by atoms with van der Waals surface area (Å²) >= 11 is 7.71. The Bertz CT molecular complexity index is 762. The summed E-state index contributed by atoms with van der Waals surface area (Å²) in [6.45, 7) is 6.10. The molecule has 3 rings (SSSR count). The van der Waals surface area contributed by atoms with E-state index < -0.39 is 0 Å². The van der Waals surface area contributed by atoms with Crippen molar-refractivity contribution >= 4 is 34.1 Å². The summed E-state index contributed by atoms with van der Waals surface area (Å²) in [4.78, 5) is 13.8. The van der Waals surface area contributed by atoms with E-state index in [0.717, 1.165) is 33.4 Å². The first-order chi connectivity index (χ1) is 9.60. The molecular weight excluding hydrogens is 292 g/mol. The smallest absolute Gasteiger partial charge is 0.160 e. The molecule has 3 aromatic rings. The molecule has 0 fully saturated rings. The van der Waals surface area contributed by atoms with Gasteiger partial charge in [0.2, 0.25) is 0 Å². The van der Waals surface area contributed by atoms with E-state index >= 15 is 0 Å². The second-order valence-corrected chi connectivity index (χ2v) is 5.99. The number of alkyl halides is 1. The minimum absolute atomic E-state index is 0.0850. The van der Waals surface area contributed by atoms with E-state index in [1.54, 1.807) is 11.3 Å². The maximum atomic E-state index is 6.05. The van der Waals surface area contributed by atoms with Crippen LogP contribution in [-0.2, 0) is 5.88 Å². The summed E-state index contributed by atoms with van der Waals surface area (Å²) in [5, 5.41) is 3.11. The summed E-state index contributed by atoms with van der Waals surface area (Å²) in [5.41, 5.74) is 3.77. The molecule has 3 aromatic heterocycles. The van der Waals surface area contributed by atoms with E-state index in [1.807, 2.05) is 26.0 Å². The fraction of sp³-hybridized carbons (Fsp3) is 0.357. The van der Waals surface area contributed by atoms with Crippen molar-refractivity contribution < 1.29 is 0 Å². The molecule has 1 atom stereocenters. The van der Waals surface area contributed by atoms with Gasteiger partial charge in [-0.05, 0) is 32.9 Å². The van der Waals surface area contributed by atoms with Crippen LogP contribution in [0.4, 0.5) is 0 Å². The van der Waals surface area contributed by atoms with Crippen molar-refractivity contribution in [2.45, 2.75) is 32.7 Å². The Morgan fingerprint density at radius 1 is 1.20 bits per heavy atom. The van der Waals surface area contributed by atoms with Crippen LogP contribution in [0.5, 0.6) is 0 Å². The minimum Gasteiger partial charge on any atom is -0.302 e. The van der Waals surface area contributed by atoms with E-state index in [9.17, 15) is 0 Å². The molecular formula is C14H15ClN4S. The van der Waals surface area contributed by atoms with Crippen LogP contribution in [0.2, 0.25) is 0 Å². The molecule has 0 aliphatic heterocycles. The van der Waals surface area contributed by atoms with Gasteiger partial charge in [0.05, 0.1) is 11.9 Å². The molecule has 0 spiro atoms. The highest BCUT2D eigenvalue weighted by molar-refractivity contribution is 7.09. The Labute approximate surface area is 126 Å². The number of nitrogens with zero attached hydrogens (tertiary/aromatic N) is 4. The Balaban J connectivity index is 2.20. The number of thiazole rings is 1.